The van der Waals surface area contributed by atoms with E-state index in [1.165, 1.54) is 13.0 Å². The fourth-order valence-corrected chi connectivity index (χ4v) is 2.36. The average molecular weight is 371 g/mol. The van der Waals surface area contributed by atoms with Gasteiger partial charge in [0.05, 0.1) is 16.4 Å². The highest BCUT2D eigenvalue weighted by Gasteiger charge is 2.25. The monoisotopic (exact) mass is 370 g/mol. The lowest BCUT2D eigenvalue weighted by molar-refractivity contribution is -0.123. The molecular formula is C16H16Cl2N2O4. The first-order valence-electron chi connectivity index (χ1n) is 7.25. The Hall–Kier alpha value is -2.05. The van der Waals surface area contributed by atoms with Crippen LogP contribution < -0.4 is 5.32 Å². The number of aryl methyl sites for hydroxylation is 2. The lowest BCUT2D eigenvalue weighted by Crippen LogP contribution is -2.30. The van der Waals surface area contributed by atoms with Crippen molar-refractivity contribution >= 4 is 40.8 Å². The summed E-state index contributed by atoms with van der Waals surface area (Å²) in [5.74, 6) is -0.840. The molecule has 0 aliphatic rings. The predicted octanol–water partition coefficient (Wildman–Crippen LogP) is 4.04. The summed E-state index contributed by atoms with van der Waals surface area (Å²) in [5, 5.41) is 7.11. The fourth-order valence-electron chi connectivity index (χ4n) is 2.02. The van der Waals surface area contributed by atoms with E-state index in [-0.39, 0.29) is 5.56 Å². The quantitative estimate of drug-likeness (QED) is 0.803. The summed E-state index contributed by atoms with van der Waals surface area (Å²) in [4.78, 5) is 24.4. The van der Waals surface area contributed by atoms with Crippen LogP contribution in [0.1, 0.15) is 35.7 Å². The van der Waals surface area contributed by atoms with Gasteiger partial charge in [-0.05, 0) is 38.5 Å². The topological polar surface area (TPSA) is 81.4 Å². The Morgan fingerprint density at radius 3 is 2.75 bits per heavy atom. The van der Waals surface area contributed by atoms with E-state index >= 15 is 0 Å². The van der Waals surface area contributed by atoms with Crippen molar-refractivity contribution in [1.82, 2.24) is 5.16 Å². The highest BCUT2D eigenvalue weighted by atomic mass is 35.5. The van der Waals surface area contributed by atoms with E-state index in [1.54, 1.807) is 19.1 Å². The zero-order chi connectivity index (χ0) is 17.9. The van der Waals surface area contributed by atoms with Crippen LogP contribution in [0.3, 0.4) is 0 Å². The van der Waals surface area contributed by atoms with E-state index in [0.717, 1.165) is 0 Å². The van der Waals surface area contributed by atoms with E-state index in [1.807, 2.05) is 6.92 Å². The van der Waals surface area contributed by atoms with Gasteiger partial charge in [-0.2, -0.15) is 0 Å². The number of hydrogen-bond acceptors (Lipinski definition) is 5. The van der Waals surface area contributed by atoms with Gasteiger partial charge in [0.1, 0.15) is 11.3 Å². The summed E-state index contributed by atoms with van der Waals surface area (Å²) >= 11 is 11.9. The van der Waals surface area contributed by atoms with Crippen LogP contribution in [-0.2, 0) is 16.0 Å². The summed E-state index contributed by atoms with van der Waals surface area (Å²) in [5.41, 5.74) is 1.08. The smallest absolute Gasteiger partial charge is 0.344 e. The van der Waals surface area contributed by atoms with E-state index < -0.39 is 18.0 Å². The minimum atomic E-state index is -1.04. The maximum absolute atomic E-state index is 12.2. The molecule has 0 saturated carbocycles. The second-order valence-electron chi connectivity index (χ2n) is 5.07. The molecule has 0 bridgehead atoms. The van der Waals surface area contributed by atoms with Gasteiger partial charge in [0.25, 0.3) is 5.91 Å². The molecule has 1 unspecified atom stereocenters. The van der Waals surface area contributed by atoms with E-state index in [2.05, 4.69) is 10.5 Å². The van der Waals surface area contributed by atoms with E-state index in [4.69, 9.17) is 32.5 Å². The number of nitrogens with zero attached hydrogens (tertiary/aromatic N) is 1. The number of nitrogens with one attached hydrogen (secondary N) is 1. The zero-order valence-electron chi connectivity index (χ0n) is 13.4. The summed E-state index contributed by atoms with van der Waals surface area (Å²) in [6, 6.07) is 4.67. The Kier molecular flexibility index (Phi) is 5.85. The maximum atomic E-state index is 12.2. The summed E-state index contributed by atoms with van der Waals surface area (Å²) in [6.45, 7) is 4.91. The minimum absolute atomic E-state index is 0.248. The first kappa shape index (κ1) is 18.3. The van der Waals surface area contributed by atoms with Gasteiger partial charge in [-0.25, -0.2) is 4.79 Å². The SMILES string of the molecule is CCc1noc(C)c1C(=O)OC(C)C(=O)Nc1cc(Cl)ccc1Cl. The summed E-state index contributed by atoms with van der Waals surface area (Å²) in [7, 11) is 0. The zero-order valence-corrected chi connectivity index (χ0v) is 14.9. The van der Waals surface area contributed by atoms with Crippen molar-refractivity contribution < 1.29 is 18.8 Å². The normalized spacial score (nSPS) is 11.9. The van der Waals surface area contributed by atoms with Gasteiger partial charge in [-0.15, -0.1) is 0 Å². The molecule has 2 aromatic rings. The third-order valence-corrected chi connectivity index (χ3v) is 3.88. The van der Waals surface area contributed by atoms with Gasteiger partial charge < -0.3 is 14.6 Å². The van der Waals surface area contributed by atoms with Crippen LogP contribution in [0, 0.1) is 6.92 Å². The number of esters is 1. The number of ether oxygens (including phenoxy) is 1. The first-order valence-corrected chi connectivity index (χ1v) is 8.01. The number of aromatic nitrogens is 1. The van der Waals surface area contributed by atoms with Crippen molar-refractivity contribution in [3.63, 3.8) is 0 Å². The second-order valence-corrected chi connectivity index (χ2v) is 5.92. The van der Waals surface area contributed by atoms with Crippen molar-refractivity contribution in [2.75, 3.05) is 5.32 Å². The van der Waals surface area contributed by atoms with Crippen molar-refractivity contribution in [2.24, 2.45) is 0 Å². The molecule has 0 saturated heterocycles. The van der Waals surface area contributed by atoms with E-state index in [9.17, 15) is 9.59 Å². The first-order chi connectivity index (χ1) is 11.3. The lowest BCUT2D eigenvalue weighted by atomic mass is 10.1. The van der Waals surface area contributed by atoms with Gasteiger partial charge >= 0.3 is 5.97 Å². The molecule has 8 heteroatoms. The highest BCUT2D eigenvalue weighted by molar-refractivity contribution is 6.35. The molecule has 24 heavy (non-hydrogen) atoms. The second kappa shape index (κ2) is 7.68. The van der Waals surface area contributed by atoms with Gasteiger partial charge in [0.15, 0.2) is 6.10 Å². The van der Waals surface area contributed by atoms with Crippen molar-refractivity contribution in [3.05, 3.63) is 45.3 Å². The molecule has 1 heterocycles. The van der Waals surface area contributed by atoms with Gasteiger partial charge in [0.2, 0.25) is 0 Å². The molecule has 0 fully saturated rings. The molecule has 128 valence electrons. The van der Waals surface area contributed by atoms with Crippen LogP contribution in [-0.4, -0.2) is 23.1 Å². The lowest BCUT2D eigenvalue weighted by Gasteiger charge is -2.14. The van der Waals surface area contributed by atoms with E-state index in [0.29, 0.717) is 33.6 Å². The van der Waals surface area contributed by atoms with Crippen LogP contribution in [0.5, 0.6) is 0 Å². The number of amides is 1. The predicted molar refractivity (Wildman–Crippen MR) is 90.6 cm³/mol. The van der Waals surface area contributed by atoms with Crippen LogP contribution >= 0.6 is 23.2 Å². The minimum Gasteiger partial charge on any atom is -0.449 e. The third kappa shape index (κ3) is 4.07. The number of benzene rings is 1. The Morgan fingerprint density at radius 2 is 2.08 bits per heavy atom. The molecule has 0 aliphatic carbocycles. The molecule has 1 aromatic carbocycles. The van der Waals surface area contributed by atoms with Gasteiger partial charge in [-0.1, -0.05) is 35.3 Å². The Bertz CT molecular complexity index is 773. The van der Waals surface area contributed by atoms with Crippen molar-refractivity contribution in [3.8, 4) is 0 Å². The molecular weight excluding hydrogens is 355 g/mol. The molecule has 1 N–H and O–H groups in total. The maximum Gasteiger partial charge on any atom is 0.344 e. The summed E-state index contributed by atoms with van der Waals surface area (Å²) in [6.07, 6.45) is -0.521. The van der Waals surface area contributed by atoms with Crippen LogP contribution in [0.15, 0.2) is 22.7 Å². The van der Waals surface area contributed by atoms with Gasteiger partial charge in [-0.3, -0.25) is 4.79 Å². The Morgan fingerprint density at radius 1 is 1.38 bits per heavy atom. The van der Waals surface area contributed by atoms with Crippen LogP contribution in [0.4, 0.5) is 5.69 Å². The molecule has 1 atom stereocenters. The third-order valence-electron chi connectivity index (χ3n) is 3.31. The van der Waals surface area contributed by atoms with Crippen LogP contribution in [0.2, 0.25) is 10.0 Å². The number of carbonyl (C=O) groups is 2. The van der Waals surface area contributed by atoms with Crippen molar-refractivity contribution in [2.45, 2.75) is 33.3 Å². The molecule has 2 rings (SSSR count). The molecule has 0 radical (unpaired) electrons. The number of rotatable bonds is 5. The Labute approximate surface area is 149 Å². The van der Waals surface area contributed by atoms with Crippen molar-refractivity contribution in [1.29, 1.82) is 0 Å². The standard InChI is InChI=1S/C16H16Cl2N2O4/c1-4-12-14(8(2)24-20-12)16(22)23-9(3)15(21)19-13-7-10(17)5-6-11(13)18/h5-7,9H,4H2,1-3H3,(H,19,21). The molecule has 0 aliphatic heterocycles. The van der Waals surface area contributed by atoms with Crippen LogP contribution in [0.25, 0.3) is 0 Å². The highest BCUT2D eigenvalue weighted by Crippen LogP contribution is 2.25. The number of hydrogen-bond donors (Lipinski definition) is 1. The Balaban J connectivity index is 2.07. The molecule has 6 nitrogen and oxygen atoms in total. The average Bonchev–Trinajstić information content (AvgIpc) is 2.91. The molecule has 1 amide bonds. The fraction of sp³-hybridized carbons (Fsp3) is 0.312. The number of anilines is 1. The van der Waals surface area contributed by atoms with Gasteiger partial charge in [0, 0.05) is 5.02 Å². The number of carbonyl (C=O) groups excluding carboxylic acids is 2. The summed E-state index contributed by atoms with van der Waals surface area (Å²) < 4.78 is 10.2. The molecule has 1 aromatic heterocycles. The molecule has 0 spiro atoms. The number of halogens is 2. The largest absolute Gasteiger partial charge is 0.449 e.